The van der Waals surface area contributed by atoms with E-state index in [4.69, 9.17) is 0 Å². The van der Waals surface area contributed by atoms with E-state index in [1.54, 1.807) is 10.9 Å². The molecule has 0 aliphatic heterocycles. The number of nitrogens with one attached hydrogen (secondary N) is 1. The fourth-order valence-electron chi connectivity index (χ4n) is 2.32. The van der Waals surface area contributed by atoms with Crippen LogP contribution in [0, 0.1) is 0 Å². The lowest BCUT2D eigenvalue weighted by atomic mass is 9.91. The summed E-state index contributed by atoms with van der Waals surface area (Å²) in [4.78, 5) is 16.8. The van der Waals surface area contributed by atoms with Crippen LogP contribution < -0.4 is 5.32 Å². The Labute approximate surface area is 114 Å². The first-order chi connectivity index (χ1) is 9.15. The van der Waals surface area contributed by atoms with Crippen molar-refractivity contribution in [1.29, 1.82) is 0 Å². The summed E-state index contributed by atoms with van der Waals surface area (Å²) in [6.07, 6.45) is 4.22. The number of rotatable bonds is 3. The number of nitrogens with zero attached hydrogens (tertiary/aromatic N) is 3. The Morgan fingerprint density at radius 1 is 1.63 bits per heavy atom. The quantitative estimate of drug-likeness (QED) is 0.899. The van der Waals surface area contributed by atoms with Crippen molar-refractivity contribution in [3.63, 3.8) is 0 Å². The first kappa shape index (κ1) is 12.2. The van der Waals surface area contributed by atoms with Crippen LogP contribution in [0.25, 0.3) is 0 Å². The van der Waals surface area contributed by atoms with E-state index >= 15 is 0 Å². The molecule has 7 heteroatoms. The van der Waals surface area contributed by atoms with Crippen molar-refractivity contribution in [2.75, 3.05) is 5.32 Å². The zero-order chi connectivity index (χ0) is 13.4. The van der Waals surface area contributed by atoms with Gasteiger partial charge < -0.3 is 10.4 Å². The van der Waals surface area contributed by atoms with Gasteiger partial charge in [-0.2, -0.15) is 5.10 Å². The molecule has 0 radical (unpaired) electrons. The van der Waals surface area contributed by atoms with Gasteiger partial charge in [0.1, 0.15) is 11.7 Å². The number of anilines is 2. The zero-order valence-corrected chi connectivity index (χ0v) is 11.3. The molecular formula is C12H14N4O2S. The number of aryl methyl sites for hydroxylation is 2. The summed E-state index contributed by atoms with van der Waals surface area (Å²) >= 11 is 1.54. The molecule has 1 atom stereocenters. The molecule has 1 aliphatic rings. The maximum atomic E-state index is 11.2. The summed E-state index contributed by atoms with van der Waals surface area (Å²) in [7, 11) is 1.84. The van der Waals surface area contributed by atoms with Crippen LogP contribution in [0.15, 0.2) is 12.3 Å². The topological polar surface area (TPSA) is 80.0 Å². The maximum Gasteiger partial charge on any atom is 0.312 e. The van der Waals surface area contributed by atoms with Gasteiger partial charge in [0.25, 0.3) is 0 Å². The van der Waals surface area contributed by atoms with E-state index in [0.717, 1.165) is 34.4 Å². The number of thiazole rings is 1. The molecule has 6 nitrogen and oxygen atoms in total. The fourth-order valence-corrected chi connectivity index (χ4v) is 3.39. The highest BCUT2D eigenvalue weighted by molar-refractivity contribution is 7.15. The Morgan fingerprint density at radius 2 is 2.47 bits per heavy atom. The van der Waals surface area contributed by atoms with E-state index in [2.05, 4.69) is 15.4 Å². The molecule has 0 bridgehead atoms. The number of carboxylic acids is 1. The molecule has 0 amide bonds. The minimum absolute atomic E-state index is 0.456. The monoisotopic (exact) mass is 278 g/mol. The molecule has 0 aromatic carbocycles. The summed E-state index contributed by atoms with van der Waals surface area (Å²) in [5.41, 5.74) is 0.730. The maximum absolute atomic E-state index is 11.2. The van der Waals surface area contributed by atoms with Crippen LogP contribution >= 0.6 is 11.3 Å². The van der Waals surface area contributed by atoms with Gasteiger partial charge >= 0.3 is 5.97 Å². The third-order valence-corrected chi connectivity index (χ3v) is 4.35. The minimum atomic E-state index is -0.779. The van der Waals surface area contributed by atoms with E-state index in [9.17, 15) is 9.90 Å². The van der Waals surface area contributed by atoms with Crippen molar-refractivity contribution < 1.29 is 9.90 Å². The predicted octanol–water partition coefficient (Wildman–Crippen LogP) is 2.12. The molecular weight excluding hydrogens is 264 g/mol. The standard InChI is InChI=1S/C12H14N4O2S/c1-16-9(5-6-13-16)14-12-15-10-7(11(17)18)3-2-4-8(10)19-12/h5-7H,2-4H2,1H3,(H,14,15)(H,17,18). The van der Waals surface area contributed by atoms with Crippen LogP contribution in [-0.2, 0) is 18.3 Å². The van der Waals surface area contributed by atoms with Crippen molar-refractivity contribution in [2.45, 2.75) is 25.2 Å². The molecule has 100 valence electrons. The molecule has 0 saturated heterocycles. The first-order valence-corrected chi connectivity index (χ1v) is 6.94. The summed E-state index contributed by atoms with van der Waals surface area (Å²) < 4.78 is 1.72. The summed E-state index contributed by atoms with van der Waals surface area (Å²) in [6, 6.07) is 1.86. The van der Waals surface area contributed by atoms with Crippen molar-refractivity contribution in [3.05, 3.63) is 22.8 Å². The third kappa shape index (κ3) is 2.21. The van der Waals surface area contributed by atoms with Gasteiger partial charge in [0.15, 0.2) is 5.13 Å². The number of carboxylic acid groups (broad SMARTS) is 1. The van der Waals surface area contributed by atoms with Crippen LogP contribution in [0.5, 0.6) is 0 Å². The SMILES string of the molecule is Cn1nccc1Nc1nc2c(s1)CCCC2C(=O)O. The summed E-state index contributed by atoms with van der Waals surface area (Å²) in [5.74, 6) is -0.390. The molecule has 0 spiro atoms. The minimum Gasteiger partial charge on any atom is -0.481 e. The highest BCUT2D eigenvalue weighted by Crippen LogP contribution is 2.37. The van der Waals surface area contributed by atoms with Crippen LogP contribution in [-0.4, -0.2) is 25.8 Å². The van der Waals surface area contributed by atoms with E-state index in [1.807, 2.05) is 13.1 Å². The number of fused-ring (bicyclic) bond motifs is 1. The molecule has 2 aromatic heterocycles. The number of aliphatic carboxylic acids is 1. The lowest BCUT2D eigenvalue weighted by Crippen LogP contribution is -2.17. The second-order valence-corrected chi connectivity index (χ2v) is 5.66. The number of hydrogen-bond donors (Lipinski definition) is 2. The van der Waals surface area contributed by atoms with E-state index in [-0.39, 0.29) is 0 Å². The van der Waals surface area contributed by atoms with Crippen molar-refractivity contribution in [1.82, 2.24) is 14.8 Å². The zero-order valence-electron chi connectivity index (χ0n) is 10.5. The van der Waals surface area contributed by atoms with Gasteiger partial charge in [-0.3, -0.25) is 9.48 Å². The van der Waals surface area contributed by atoms with E-state index in [1.165, 1.54) is 11.3 Å². The van der Waals surface area contributed by atoms with Gasteiger partial charge in [0.05, 0.1) is 11.9 Å². The van der Waals surface area contributed by atoms with Crippen LogP contribution in [0.3, 0.4) is 0 Å². The molecule has 2 N–H and O–H groups in total. The Morgan fingerprint density at radius 3 is 3.16 bits per heavy atom. The van der Waals surface area contributed by atoms with Crippen LogP contribution in [0.1, 0.15) is 29.3 Å². The van der Waals surface area contributed by atoms with Crippen molar-refractivity contribution >= 4 is 28.3 Å². The van der Waals surface area contributed by atoms with Gasteiger partial charge in [-0.05, 0) is 19.3 Å². The van der Waals surface area contributed by atoms with Gasteiger partial charge in [-0.1, -0.05) is 0 Å². The molecule has 2 aromatic rings. The molecule has 3 rings (SSSR count). The summed E-state index contributed by atoms with van der Waals surface area (Å²) in [5, 5.41) is 17.2. The first-order valence-electron chi connectivity index (χ1n) is 6.12. The second-order valence-electron chi connectivity index (χ2n) is 4.58. The van der Waals surface area contributed by atoms with Crippen molar-refractivity contribution in [3.8, 4) is 0 Å². The molecule has 2 heterocycles. The molecule has 19 heavy (non-hydrogen) atoms. The summed E-state index contributed by atoms with van der Waals surface area (Å²) in [6.45, 7) is 0. The third-order valence-electron chi connectivity index (χ3n) is 3.31. The van der Waals surface area contributed by atoms with E-state index < -0.39 is 11.9 Å². The molecule has 1 unspecified atom stereocenters. The molecule has 0 saturated carbocycles. The average Bonchev–Trinajstić information content (AvgIpc) is 2.95. The highest BCUT2D eigenvalue weighted by Gasteiger charge is 2.30. The van der Waals surface area contributed by atoms with Gasteiger partial charge in [-0.15, -0.1) is 11.3 Å². The lowest BCUT2D eigenvalue weighted by Gasteiger charge is -2.16. The lowest BCUT2D eigenvalue weighted by molar-refractivity contribution is -0.139. The number of aromatic nitrogens is 3. The van der Waals surface area contributed by atoms with Crippen LogP contribution in [0.2, 0.25) is 0 Å². The molecule has 0 fully saturated rings. The van der Waals surface area contributed by atoms with Gasteiger partial charge in [0.2, 0.25) is 0 Å². The highest BCUT2D eigenvalue weighted by atomic mass is 32.1. The van der Waals surface area contributed by atoms with Gasteiger partial charge in [-0.25, -0.2) is 4.98 Å². The van der Waals surface area contributed by atoms with Crippen molar-refractivity contribution in [2.24, 2.45) is 7.05 Å². The second kappa shape index (κ2) is 4.65. The Hall–Kier alpha value is -1.89. The average molecular weight is 278 g/mol. The Bertz CT molecular complexity index is 619. The van der Waals surface area contributed by atoms with Crippen LogP contribution in [0.4, 0.5) is 10.9 Å². The Balaban J connectivity index is 1.89. The normalized spacial score (nSPS) is 18.1. The molecule has 1 aliphatic carbocycles. The largest absolute Gasteiger partial charge is 0.481 e. The number of carbonyl (C=O) groups is 1. The van der Waals surface area contributed by atoms with Gasteiger partial charge in [0, 0.05) is 18.0 Å². The smallest absolute Gasteiger partial charge is 0.312 e. The fraction of sp³-hybridized carbons (Fsp3) is 0.417. The number of hydrogen-bond acceptors (Lipinski definition) is 5. The predicted molar refractivity (Wildman–Crippen MR) is 71.9 cm³/mol. The Kier molecular flexibility index (Phi) is 2.98. The van der Waals surface area contributed by atoms with E-state index in [0.29, 0.717) is 6.42 Å².